The summed E-state index contributed by atoms with van der Waals surface area (Å²) in [5.41, 5.74) is 2.99. The van der Waals surface area contributed by atoms with E-state index in [1.54, 1.807) is 4.68 Å². The third-order valence-electron chi connectivity index (χ3n) is 6.49. The summed E-state index contributed by atoms with van der Waals surface area (Å²) in [6, 6.07) is 9.84. The second kappa shape index (κ2) is 15.9. The fourth-order valence-corrected chi connectivity index (χ4v) is 4.48. The van der Waals surface area contributed by atoms with Crippen LogP contribution in [0.3, 0.4) is 0 Å². The molecule has 0 aliphatic heterocycles. The zero-order valence-electron chi connectivity index (χ0n) is 20.3. The SMILES string of the molecule is CCCCCCCCCCCCCCCCCCc1c(C)[nH]n(-c2ccccc2)c1=O. The average Bonchev–Trinajstić information content (AvgIpc) is 3.07. The quantitative estimate of drug-likeness (QED) is 0.239. The molecule has 0 aliphatic carbocycles. The highest BCUT2D eigenvalue weighted by atomic mass is 16.1. The van der Waals surface area contributed by atoms with E-state index in [0.717, 1.165) is 29.8 Å². The van der Waals surface area contributed by atoms with E-state index >= 15 is 0 Å². The van der Waals surface area contributed by atoms with Gasteiger partial charge in [0, 0.05) is 11.3 Å². The molecule has 31 heavy (non-hydrogen) atoms. The predicted octanol–water partition coefficient (Wildman–Crippen LogP) is 8.28. The second-order valence-corrected chi connectivity index (χ2v) is 9.24. The van der Waals surface area contributed by atoms with Crippen LogP contribution in [0.15, 0.2) is 35.1 Å². The number of aryl methyl sites for hydroxylation is 1. The summed E-state index contributed by atoms with van der Waals surface area (Å²) >= 11 is 0. The number of hydrogen-bond donors (Lipinski definition) is 1. The number of aromatic nitrogens is 2. The summed E-state index contributed by atoms with van der Waals surface area (Å²) in [4.78, 5) is 12.7. The Kier molecular flexibility index (Phi) is 13.1. The summed E-state index contributed by atoms with van der Waals surface area (Å²) in [6.45, 7) is 4.30. The molecule has 3 nitrogen and oxygen atoms in total. The van der Waals surface area contributed by atoms with Crippen LogP contribution in [-0.2, 0) is 6.42 Å². The van der Waals surface area contributed by atoms with E-state index in [1.807, 2.05) is 37.3 Å². The van der Waals surface area contributed by atoms with Crippen LogP contribution in [0.5, 0.6) is 0 Å². The van der Waals surface area contributed by atoms with Crippen LogP contribution in [0.2, 0.25) is 0 Å². The van der Waals surface area contributed by atoms with Gasteiger partial charge in [-0.15, -0.1) is 0 Å². The Morgan fingerprint density at radius 1 is 0.677 bits per heavy atom. The van der Waals surface area contributed by atoms with E-state index in [1.165, 1.54) is 96.3 Å². The molecule has 0 fully saturated rings. The maximum Gasteiger partial charge on any atom is 0.274 e. The van der Waals surface area contributed by atoms with Gasteiger partial charge < -0.3 is 0 Å². The van der Waals surface area contributed by atoms with Crippen molar-refractivity contribution in [2.45, 2.75) is 123 Å². The minimum absolute atomic E-state index is 0.115. The molecule has 1 heterocycles. The molecule has 0 unspecified atom stereocenters. The Bertz CT molecular complexity index is 744. The van der Waals surface area contributed by atoms with Crippen molar-refractivity contribution in [3.8, 4) is 5.69 Å². The van der Waals surface area contributed by atoms with Crippen molar-refractivity contribution in [1.82, 2.24) is 9.78 Å². The number of aromatic amines is 1. The van der Waals surface area contributed by atoms with Gasteiger partial charge in [-0.2, -0.15) is 0 Å². The Balaban J connectivity index is 1.46. The van der Waals surface area contributed by atoms with Gasteiger partial charge in [-0.3, -0.25) is 9.89 Å². The fraction of sp³-hybridized carbons (Fsp3) is 0.679. The molecule has 2 rings (SSSR count). The highest BCUT2D eigenvalue weighted by Crippen LogP contribution is 2.15. The molecule has 0 aliphatic rings. The molecule has 0 atom stereocenters. The number of para-hydroxylation sites is 1. The van der Waals surface area contributed by atoms with Crippen LogP contribution in [0, 0.1) is 6.92 Å². The molecule has 0 bridgehead atoms. The number of hydrogen-bond acceptors (Lipinski definition) is 1. The van der Waals surface area contributed by atoms with Crippen molar-refractivity contribution in [3.63, 3.8) is 0 Å². The maximum atomic E-state index is 12.7. The normalized spacial score (nSPS) is 11.3. The molecular formula is C28H46N2O. The van der Waals surface area contributed by atoms with Gasteiger partial charge in [0.15, 0.2) is 0 Å². The average molecular weight is 427 g/mol. The lowest BCUT2D eigenvalue weighted by atomic mass is 10.0. The molecule has 0 radical (unpaired) electrons. The molecule has 0 saturated heterocycles. The minimum atomic E-state index is 0.115. The molecule has 1 aromatic carbocycles. The minimum Gasteiger partial charge on any atom is -0.295 e. The standard InChI is InChI=1S/C28H46N2O/c1-3-4-5-6-7-8-9-10-11-12-13-14-15-16-17-21-24-27-25(2)29-30(28(27)31)26-22-19-18-20-23-26/h18-20,22-23,29H,3-17,21,24H2,1-2H3. The summed E-state index contributed by atoms with van der Waals surface area (Å²) in [7, 11) is 0. The van der Waals surface area contributed by atoms with Crippen molar-refractivity contribution in [1.29, 1.82) is 0 Å². The van der Waals surface area contributed by atoms with E-state index in [2.05, 4.69) is 12.0 Å². The smallest absolute Gasteiger partial charge is 0.274 e. The number of rotatable bonds is 18. The van der Waals surface area contributed by atoms with Gasteiger partial charge in [0.25, 0.3) is 5.56 Å². The van der Waals surface area contributed by atoms with Crippen LogP contribution >= 0.6 is 0 Å². The molecule has 1 N–H and O–H groups in total. The fourth-order valence-electron chi connectivity index (χ4n) is 4.48. The lowest BCUT2D eigenvalue weighted by Gasteiger charge is -2.03. The largest absolute Gasteiger partial charge is 0.295 e. The lowest BCUT2D eigenvalue weighted by Crippen LogP contribution is -2.17. The van der Waals surface area contributed by atoms with Gasteiger partial charge >= 0.3 is 0 Å². The zero-order chi connectivity index (χ0) is 22.2. The number of benzene rings is 1. The highest BCUT2D eigenvalue weighted by molar-refractivity contribution is 5.32. The first-order chi connectivity index (χ1) is 15.2. The van der Waals surface area contributed by atoms with Crippen LogP contribution in [0.25, 0.3) is 5.69 Å². The molecular weight excluding hydrogens is 380 g/mol. The molecule has 3 heteroatoms. The zero-order valence-corrected chi connectivity index (χ0v) is 20.3. The Morgan fingerprint density at radius 2 is 1.13 bits per heavy atom. The molecule has 0 spiro atoms. The van der Waals surface area contributed by atoms with Gasteiger partial charge in [-0.05, 0) is 31.9 Å². The van der Waals surface area contributed by atoms with Gasteiger partial charge in [0.2, 0.25) is 0 Å². The first-order valence-electron chi connectivity index (χ1n) is 13.1. The number of nitrogens with zero attached hydrogens (tertiary/aromatic N) is 1. The first-order valence-corrected chi connectivity index (χ1v) is 13.1. The van der Waals surface area contributed by atoms with Crippen molar-refractivity contribution in [2.75, 3.05) is 0 Å². The van der Waals surface area contributed by atoms with Crippen molar-refractivity contribution in [2.24, 2.45) is 0 Å². The molecule has 2 aromatic rings. The van der Waals surface area contributed by atoms with Gasteiger partial charge in [0.05, 0.1) is 5.69 Å². The number of unbranched alkanes of at least 4 members (excludes halogenated alkanes) is 15. The number of nitrogens with one attached hydrogen (secondary N) is 1. The lowest BCUT2D eigenvalue weighted by molar-refractivity contribution is 0.529. The van der Waals surface area contributed by atoms with Crippen LogP contribution in [0.1, 0.15) is 121 Å². The Labute approximate surface area is 190 Å². The number of H-pyrrole nitrogens is 1. The van der Waals surface area contributed by atoms with Crippen molar-refractivity contribution in [3.05, 3.63) is 51.9 Å². The molecule has 174 valence electrons. The second-order valence-electron chi connectivity index (χ2n) is 9.24. The summed E-state index contributed by atoms with van der Waals surface area (Å²) in [6.07, 6.45) is 22.9. The van der Waals surface area contributed by atoms with Gasteiger partial charge in [-0.1, -0.05) is 121 Å². The van der Waals surface area contributed by atoms with Gasteiger partial charge in [-0.25, -0.2) is 4.68 Å². The molecule has 0 amide bonds. The molecule has 0 saturated carbocycles. The van der Waals surface area contributed by atoms with E-state index in [-0.39, 0.29) is 5.56 Å². The third kappa shape index (κ3) is 9.93. The van der Waals surface area contributed by atoms with Crippen LogP contribution in [0.4, 0.5) is 0 Å². The van der Waals surface area contributed by atoms with E-state index in [9.17, 15) is 4.79 Å². The topological polar surface area (TPSA) is 37.8 Å². The van der Waals surface area contributed by atoms with Crippen LogP contribution in [-0.4, -0.2) is 9.78 Å². The maximum absolute atomic E-state index is 12.7. The summed E-state index contributed by atoms with van der Waals surface area (Å²) in [5, 5.41) is 3.24. The predicted molar refractivity (Wildman–Crippen MR) is 134 cm³/mol. The summed E-state index contributed by atoms with van der Waals surface area (Å²) < 4.78 is 1.68. The summed E-state index contributed by atoms with van der Waals surface area (Å²) in [5.74, 6) is 0. The van der Waals surface area contributed by atoms with E-state index < -0.39 is 0 Å². The van der Waals surface area contributed by atoms with Crippen molar-refractivity contribution < 1.29 is 0 Å². The Morgan fingerprint density at radius 3 is 1.61 bits per heavy atom. The van der Waals surface area contributed by atoms with E-state index in [4.69, 9.17) is 0 Å². The monoisotopic (exact) mass is 426 g/mol. The van der Waals surface area contributed by atoms with Crippen LogP contribution < -0.4 is 5.56 Å². The highest BCUT2D eigenvalue weighted by Gasteiger charge is 2.11. The Hall–Kier alpha value is -1.77. The van der Waals surface area contributed by atoms with Gasteiger partial charge in [0.1, 0.15) is 0 Å². The van der Waals surface area contributed by atoms with Crippen molar-refractivity contribution >= 4 is 0 Å². The molecule has 1 aromatic heterocycles. The van der Waals surface area contributed by atoms with E-state index in [0.29, 0.717) is 0 Å². The third-order valence-corrected chi connectivity index (χ3v) is 6.49. The first kappa shape index (κ1) is 25.5.